The maximum atomic E-state index is 12.1. The van der Waals surface area contributed by atoms with Gasteiger partial charge in [0.2, 0.25) is 6.29 Å². The van der Waals surface area contributed by atoms with E-state index in [4.69, 9.17) is 18.3 Å². The van der Waals surface area contributed by atoms with Crippen molar-refractivity contribution in [3.05, 3.63) is 63.3 Å². The van der Waals surface area contributed by atoms with E-state index in [9.17, 15) is 40.2 Å². The Kier molecular flexibility index (Phi) is 5.90. The van der Waals surface area contributed by atoms with E-state index in [1.165, 1.54) is 30.3 Å². The van der Waals surface area contributed by atoms with Gasteiger partial charge in [-0.3, -0.25) is 0 Å². The minimum Gasteiger partial charge on any atom is -0.507 e. The van der Waals surface area contributed by atoms with Crippen LogP contribution < -0.4 is 16.0 Å². The van der Waals surface area contributed by atoms with Gasteiger partial charge in [0, 0.05) is 22.9 Å². The van der Waals surface area contributed by atoms with E-state index in [1.54, 1.807) is 0 Å². The van der Waals surface area contributed by atoms with Crippen LogP contribution in [0.5, 0.6) is 17.2 Å². The van der Waals surface area contributed by atoms with Gasteiger partial charge < -0.3 is 48.9 Å². The van der Waals surface area contributed by atoms with E-state index >= 15 is 0 Å². The van der Waals surface area contributed by atoms with Crippen LogP contribution in [0, 0.1) is 0 Å². The quantitative estimate of drug-likeness (QED) is 0.208. The Balaban J connectivity index is 1.80. The molecule has 0 aliphatic carbocycles. The number of rotatable bonds is 4. The summed E-state index contributed by atoms with van der Waals surface area (Å²) < 4.78 is 21.8. The molecule has 0 spiro atoms. The van der Waals surface area contributed by atoms with Crippen molar-refractivity contribution in [2.75, 3.05) is 6.61 Å². The molecule has 5 atom stereocenters. The Hall–Kier alpha value is -3.94. The van der Waals surface area contributed by atoms with Crippen LogP contribution in [0.4, 0.5) is 0 Å². The van der Waals surface area contributed by atoms with Crippen LogP contribution >= 0.6 is 0 Å². The van der Waals surface area contributed by atoms with Crippen LogP contribution in [-0.4, -0.2) is 68.0 Å². The maximum absolute atomic E-state index is 12.1. The van der Waals surface area contributed by atoms with Gasteiger partial charge in [0.15, 0.2) is 17.1 Å². The molecule has 1 saturated heterocycles. The molecule has 12 nitrogen and oxygen atoms in total. The van der Waals surface area contributed by atoms with Crippen LogP contribution in [0.3, 0.4) is 0 Å². The van der Waals surface area contributed by atoms with Gasteiger partial charge in [-0.05, 0) is 30.3 Å². The van der Waals surface area contributed by atoms with Gasteiger partial charge in [-0.15, -0.1) is 0 Å². The molecular formula is C24H20O12. The molecule has 6 N–H and O–H groups in total. The summed E-state index contributed by atoms with van der Waals surface area (Å²) in [4.78, 5) is 24.1. The lowest BCUT2D eigenvalue weighted by atomic mass is 9.97. The Morgan fingerprint density at radius 2 is 1.36 bits per heavy atom. The highest BCUT2D eigenvalue weighted by atomic mass is 16.7. The van der Waals surface area contributed by atoms with E-state index in [2.05, 4.69) is 0 Å². The lowest BCUT2D eigenvalue weighted by Gasteiger charge is -2.39. The lowest BCUT2D eigenvalue weighted by molar-refractivity contribution is -0.277. The minimum atomic E-state index is -1.84. The zero-order valence-corrected chi connectivity index (χ0v) is 18.3. The van der Waals surface area contributed by atoms with Gasteiger partial charge in [0.05, 0.1) is 17.7 Å². The SMILES string of the molecule is O=c1ccc2ccc(O)c(-c3c(O[C@@H]4O[C@@H](CO)[C@@H](O)[C@@H](O)[C@H]4O)c(O)cc4ccc(=O)oc34)c2o1. The van der Waals surface area contributed by atoms with Crippen LogP contribution in [-0.2, 0) is 4.74 Å². The summed E-state index contributed by atoms with van der Waals surface area (Å²) in [5.74, 6) is -1.47. The molecule has 36 heavy (non-hydrogen) atoms. The lowest BCUT2D eigenvalue weighted by Crippen LogP contribution is -2.60. The monoisotopic (exact) mass is 500 g/mol. The molecule has 0 unspecified atom stereocenters. The molecule has 4 aromatic rings. The number of phenols is 2. The third-order valence-electron chi connectivity index (χ3n) is 5.94. The molecule has 2 aromatic heterocycles. The number of hydrogen-bond donors (Lipinski definition) is 6. The Labute approximate surface area is 200 Å². The van der Waals surface area contributed by atoms with Gasteiger partial charge in [-0.2, -0.15) is 0 Å². The van der Waals surface area contributed by atoms with Crippen molar-refractivity contribution in [1.29, 1.82) is 0 Å². The average molecular weight is 500 g/mol. The first-order chi connectivity index (χ1) is 17.2. The fourth-order valence-electron chi connectivity index (χ4n) is 4.17. The van der Waals surface area contributed by atoms with Gasteiger partial charge in [-0.1, -0.05) is 0 Å². The first kappa shape index (κ1) is 23.8. The van der Waals surface area contributed by atoms with Crippen LogP contribution in [0.25, 0.3) is 33.1 Å². The summed E-state index contributed by atoms with van der Waals surface area (Å²) in [6.45, 7) is -0.731. The topological polar surface area (TPSA) is 200 Å². The molecule has 0 bridgehead atoms. The largest absolute Gasteiger partial charge is 0.507 e. The summed E-state index contributed by atoms with van der Waals surface area (Å²) in [6.07, 6.45) is -8.34. The van der Waals surface area contributed by atoms with E-state index in [-0.39, 0.29) is 27.7 Å². The molecule has 1 fully saturated rings. The van der Waals surface area contributed by atoms with Crippen molar-refractivity contribution < 1.29 is 48.9 Å². The number of hydrogen-bond acceptors (Lipinski definition) is 12. The highest BCUT2D eigenvalue weighted by Crippen LogP contribution is 2.49. The Morgan fingerprint density at radius 3 is 2.03 bits per heavy atom. The number of benzene rings is 2. The highest BCUT2D eigenvalue weighted by molar-refractivity contribution is 6.06. The summed E-state index contributed by atoms with van der Waals surface area (Å²) in [7, 11) is 0. The standard InChI is InChI=1S/C24H20O12/c25-8-13-18(30)19(31)20(32)24(33-13)36-23-12(27)7-10-3-6-15(29)35-22(10)17(23)16-11(26)4-1-9-2-5-14(28)34-21(9)16/h1-7,13,18-20,24-27,30-32H,8H2/t13-,18+,19+,20+,24-/m0/s1. The van der Waals surface area contributed by atoms with Crippen LogP contribution in [0.15, 0.2) is 60.9 Å². The van der Waals surface area contributed by atoms with Crippen molar-refractivity contribution in [1.82, 2.24) is 0 Å². The fourth-order valence-corrected chi connectivity index (χ4v) is 4.17. The third kappa shape index (κ3) is 3.86. The number of fused-ring (bicyclic) bond motifs is 2. The van der Waals surface area contributed by atoms with Gasteiger partial charge >= 0.3 is 11.3 Å². The smallest absolute Gasteiger partial charge is 0.336 e. The first-order valence-corrected chi connectivity index (χ1v) is 10.7. The molecule has 1 aliphatic rings. The summed E-state index contributed by atoms with van der Waals surface area (Å²) in [5, 5.41) is 62.4. The van der Waals surface area contributed by atoms with E-state index in [0.717, 1.165) is 12.1 Å². The zero-order valence-electron chi connectivity index (χ0n) is 18.3. The minimum absolute atomic E-state index is 0.125. The first-order valence-electron chi connectivity index (χ1n) is 10.7. The maximum Gasteiger partial charge on any atom is 0.336 e. The second kappa shape index (κ2) is 8.93. The third-order valence-corrected chi connectivity index (χ3v) is 5.94. The van der Waals surface area contributed by atoms with Gasteiger partial charge in [0.25, 0.3) is 0 Å². The van der Waals surface area contributed by atoms with Gasteiger partial charge in [0.1, 0.15) is 35.7 Å². The fraction of sp³-hybridized carbons (Fsp3) is 0.250. The van der Waals surface area contributed by atoms with E-state index in [0.29, 0.717) is 5.39 Å². The normalized spacial score (nSPS) is 24.3. The molecule has 2 aromatic carbocycles. The molecule has 1 aliphatic heterocycles. The molecule has 188 valence electrons. The van der Waals surface area contributed by atoms with E-state index < -0.39 is 65.8 Å². The molecule has 12 heteroatoms. The predicted octanol–water partition coefficient (Wildman–Crippen LogP) is 0.156. The van der Waals surface area contributed by atoms with E-state index in [1.807, 2.05) is 0 Å². The van der Waals surface area contributed by atoms with Crippen molar-refractivity contribution >= 4 is 21.9 Å². The average Bonchev–Trinajstić information content (AvgIpc) is 2.85. The Bertz CT molecular complexity index is 1570. The molecule has 0 amide bonds. The van der Waals surface area contributed by atoms with Crippen molar-refractivity contribution in [3.63, 3.8) is 0 Å². The second-order valence-electron chi connectivity index (χ2n) is 8.22. The van der Waals surface area contributed by atoms with Crippen molar-refractivity contribution in [2.24, 2.45) is 0 Å². The highest BCUT2D eigenvalue weighted by Gasteiger charge is 2.45. The summed E-state index contributed by atoms with van der Waals surface area (Å²) in [6, 6.07) is 8.98. The van der Waals surface area contributed by atoms with Gasteiger partial charge in [-0.25, -0.2) is 9.59 Å². The molecule has 5 rings (SSSR count). The zero-order chi connectivity index (χ0) is 25.7. The number of aliphatic hydroxyl groups excluding tert-OH is 4. The second-order valence-corrected chi connectivity index (χ2v) is 8.22. The summed E-state index contributed by atoms with van der Waals surface area (Å²) >= 11 is 0. The molecular weight excluding hydrogens is 480 g/mol. The van der Waals surface area contributed by atoms with Crippen molar-refractivity contribution in [3.8, 4) is 28.4 Å². The molecule has 0 radical (unpaired) electrons. The Morgan fingerprint density at radius 1 is 0.750 bits per heavy atom. The number of phenolic OH excluding ortho intramolecular Hbond substituents is 2. The predicted molar refractivity (Wildman–Crippen MR) is 122 cm³/mol. The molecule has 0 saturated carbocycles. The van der Waals surface area contributed by atoms with Crippen molar-refractivity contribution in [2.45, 2.75) is 30.7 Å². The summed E-state index contributed by atoms with van der Waals surface area (Å²) in [5.41, 5.74) is -2.24. The number of ether oxygens (including phenoxy) is 2. The molecule has 3 heterocycles. The van der Waals surface area contributed by atoms with Crippen LogP contribution in [0.2, 0.25) is 0 Å². The number of aliphatic hydroxyl groups is 4. The number of aromatic hydroxyl groups is 2. The van der Waals surface area contributed by atoms with Crippen LogP contribution in [0.1, 0.15) is 0 Å².